The van der Waals surface area contributed by atoms with Crippen LogP contribution in [0.25, 0.3) is 66.8 Å². The smallest absolute Gasteiger partial charge is 0.0468 e. The molecule has 2 aliphatic rings. The molecule has 1 heteroatoms. The molecule has 0 spiro atoms. The van der Waals surface area contributed by atoms with E-state index in [1.807, 2.05) is 0 Å². The lowest BCUT2D eigenvalue weighted by atomic mass is 9.81. The Balaban J connectivity index is 1.07. The van der Waals surface area contributed by atoms with Crippen molar-refractivity contribution in [1.82, 2.24) is 0 Å². The van der Waals surface area contributed by atoms with Gasteiger partial charge in [-0.2, -0.15) is 0 Å². The fourth-order valence-corrected chi connectivity index (χ4v) is 10.3. The first-order chi connectivity index (χ1) is 29.8. The highest BCUT2D eigenvalue weighted by atomic mass is 15.1. The highest BCUT2D eigenvalue weighted by Gasteiger charge is 2.36. The van der Waals surface area contributed by atoms with Crippen molar-refractivity contribution in [3.8, 4) is 66.8 Å². The van der Waals surface area contributed by atoms with Gasteiger partial charge in [0.1, 0.15) is 0 Å². The zero-order chi connectivity index (χ0) is 41.3. The Bertz CT molecular complexity index is 2920. The lowest BCUT2D eigenvalue weighted by Crippen LogP contribution is -2.15. The molecule has 0 amide bonds. The molecule has 11 rings (SSSR count). The predicted octanol–water partition coefficient (Wildman–Crippen LogP) is 16.4. The Labute approximate surface area is 360 Å². The summed E-state index contributed by atoms with van der Waals surface area (Å²) in [6.07, 6.45) is 0. The van der Waals surface area contributed by atoms with Crippen molar-refractivity contribution in [3.05, 3.63) is 235 Å². The number of hydrogen-bond donors (Lipinski definition) is 0. The predicted molar refractivity (Wildman–Crippen MR) is 258 cm³/mol. The van der Waals surface area contributed by atoms with Crippen molar-refractivity contribution in [2.45, 2.75) is 38.5 Å². The van der Waals surface area contributed by atoms with Gasteiger partial charge in [-0.25, -0.2) is 0 Å². The van der Waals surface area contributed by atoms with Crippen LogP contribution < -0.4 is 4.90 Å². The number of fused-ring (bicyclic) bond motifs is 6. The Morgan fingerprint density at radius 3 is 1.05 bits per heavy atom. The maximum atomic E-state index is 2.44. The van der Waals surface area contributed by atoms with Crippen LogP contribution in [-0.2, 0) is 10.8 Å². The fraction of sp³-hybridized carbons (Fsp3) is 0.100. The number of para-hydroxylation sites is 1. The first-order valence-corrected chi connectivity index (χ1v) is 21.5. The Morgan fingerprint density at radius 2 is 0.607 bits per heavy atom. The van der Waals surface area contributed by atoms with Crippen LogP contribution in [0.2, 0.25) is 0 Å². The minimum Gasteiger partial charge on any atom is -0.310 e. The van der Waals surface area contributed by atoms with E-state index in [1.54, 1.807) is 0 Å². The highest BCUT2D eigenvalue weighted by molar-refractivity contribution is 5.94. The lowest BCUT2D eigenvalue weighted by molar-refractivity contribution is 0.660. The van der Waals surface area contributed by atoms with Crippen molar-refractivity contribution in [3.63, 3.8) is 0 Å². The Hall–Kier alpha value is -7.22. The molecule has 0 radical (unpaired) electrons. The van der Waals surface area contributed by atoms with E-state index < -0.39 is 0 Å². The summed E-state index contributed by atoms with van der Waals surface area (Å²) in [6, 6.07) is 78.6. The summed E-state index contributed by atoms with van der Waals surface area (Å²) in [4.78, 5) is 2.41. The van der Waals surface area contributed by atoms with Crippen molar-refractivity contribution in [1.29, 1.82) is 0 Å². The van der Waals surface area contributed by atoms with Crippen LogP contribution in [0, 0.1) is 0 Å². The first kappa shape index (κ1) is 36.8. The standard InChI is InChI=1S/C60H47N/c1-59(2)55-26-16-14-24-49(55)51-32-28-42(36-57(51)59)47-34-30-45(38-53(47)40-18-8-5-9-19-40)61(44-22-12-7-13-23-44)46-31-35-48(54(39-46)41-20-10-6-11-21-41)43-29-33-52-50-25-15-17-27-56(50)60(3,4)58(52)37-43/h5-39H,1-4H3. The molecule has 9 aromatic rings. The average molecular weight is 782 g/mol. The second-order valence-corrected chi connectivity index (χ2v) is 17.7. The van der Waals surface area contributed by atoms with Gasteiger partial charge in [-0.05, 0) is 138 Å². The van der Waals surface area contributed by atoms with E-state index >= 15 is 0 Å². The van der Waals surface area contributed by atoms with Crippen molar-refractivity contribution in [2.24, 2.45) is 0 Å². The molecule has 0 bridgehead atoms. The first-order valence-electron chi connectivity index (χ1n) is 21.5. The molecule has 0 aliphatic heterocycles. The minimum absolute atomic E-state index is 0.0808. The number of benzene rings is 9. The largest absolute Gasteiger partial charge is 0.310 e. The lowest BCUT2D eigenvalue weighted by Gasteiger charge is -2.28. The van der Waals surface area contributed by atoms with Crippen molar-refractivity contribution < 1.29 is 0 Å². The number of hydrogen-bond acceptors (Lipinski definition) is 1. The van der Waals surface area contributed by atoms with Crippen LogP contribution in [0.5, 0.6) is 0 Å². The maximum absolute atomic E-state index is 2.44. The third kappa shape index (κ3) is 5.99. The summed E-state index contributed by atoms with van der Waals surface area (Å²) in [6.45, 7) is 9.44. The number of anilines is 3. The van der Waals surface area contributed by atoms with E-state index in [2.05, 4.69) is 245 Å². The molecule has 0 saturated heterocycles. The summed E-state index contributed by atoms with van der Waals surface area (Å²) >= 11 is 0. The topological polar surface area (TPSA) is 3.24 Å². The molecule has 2 aliphatic carbocycles. The van der Waals surface area contributed by atoms with Gasteiger partial charge in [0, 0.05) is 27.9 Å². The van der Waals surface area contributed by atoms with Crippen molar-refractivity contribution >= 4 is 17.1 Å². The molecule has 0 atom stereocenters. The molecule has 0 aromatic heterocycles. The van der Waals surface area contributed by atoms with Gasteiger partial charge in [-0.1, -0.05) is 191 Å². The molecule has 0 N–H and O–H groups in total. The van der Waals surface area contributed by atoms with Gasteiger partial charge in [-0.15, -0.1) is 0 Å². The number of nitrogens with zero attached hydrogens (tertiary/aromatic N) is 1. The zero-order valence-electron chi connectivity index (χ0n) is 35.2. The fourth-order valence-electron chi connectivity index (χ4n) is 10.3. The molecule has 0 saturated carbocycles. The van der Waals surface area contributed by atoms with Crippen LogP contribution in [0.15, 0.2) is 212 Å². The van der Waals surface area contributed by atoms with Crippen LogP contribution in [0.1, 0.15) is 49.9 Å². The van der Waals surface area contributed by atoms with Gasteiger partial charge in [0.25, 0.3) is 0 Å². The maximum Gasteiger partial charge on any atom is 0.0468 e. The average Bonchev–Trinajstić information content (AvgIpc) is 3.69. The van der Waals surface area contributed by atoms with Gasteiger partial charge < -0.3 is 4.90 Å². The normalized spacial score (nSPS) is 13.8. The van der Waals surface area contributed by atoms with Crippen LogP contribution in [-0.4, -0.2) is 0 Å². The zero-order valence-corrected chi connectivity index (χ0v) is 35.2. The summed E-state index contributed by atoms with van der Waals surface area (Å²) in [5.74, 6) is 0. The molecule has 9 aromatic carbocycles. The second-order valence-electron chi connectivity index (χ2n) is 17.7. The molecule has 0 fully saturated rings. The van der Waals surface area contributed by atoms with E-state index in [0.717, 1.165) is 17.1 Å². The van der Waals surface area contributed by atoms with E-state index in [4.69, 9.17) is 0 Å². The highest BCUT2D eigenvalue weighted by Crippen LogP contribution is 2.52. The molecular weight excluding hydrogens is 735 g/mol. The van der Waals surface area contributed by atoms with E-state index in [-0.39, 0.29) is 10.8 Å². The van der Waals surface area contributed by atoms with Crippen LogP contribution >= 0.6 is 0 Å². The minimum atomic E-state index is -0.0808. The van der Waals surface area contributed by atoms with Gasteiger partial charge >= 0.3 is 0 Å². The quantitative estimate of drug-likeness (QED) is 0.156. The van der Waals surface area contributed by atoms with Gasteiger partial charge in [0.15, 0.2) is 0 Å². The van der Waals surface area contributed by atoms with Gasteiger partial charge in [0.2, 0.25) is 0 Å². The summed E-state index contributed by atoms with van der Waals surface area (Å²) < 4.78 is 0. The molecule has 292 valence electrons. The molecule has 0 heterocycles. The Morgan fingerprint density at radius 1 is 0.246 bits per heavy atom. The van der Waals surface area contributed by atoms with Gasteiger partial charge in [-0.3, -0.25) is 0 Å². The summed E-state index contributed by atoms with van der Waals surface area (Å²) in [5, 5.41) is 0. The summed E-state index contributed by atoms with van der Waals surface area (Å²) in [5.41, 5.74) is 23.8. The van der Waals surface area contributed by atoms with Crippen molar-refractivity contribution in [2.75, 3.05) is 4.90 Å². The third-order valence-corrected chi connectivity index (χ3v) is 13.5. The van der Waals surface area contributed by atoms with E-state index in [1.165, 1.54) is 89.0 Å². The third-order valence-electron chi connectivity index (χ3n) is 13.5. The van der Waals surface area contributed by atoms with Gasteiger partial charge in [0.05, 0.1) is 0 Å². The number of rotatable bonds is 7. The second kappa shape index (κ2) is 14.2. The van der Waals surface area contributed by atoms with E-state index in [9.17, 15) is 0 Å². The monoisotopic (exact) mass is 781 g/mol. The Kier molecular flexibility index (Phi) is 8.58. The van der Waals surface area contributed by atoms with Crippen LogP contribution in [0.4, 0.5) is 17.1 Å². The van der Waals surface area contributed by atoms with Crippen LogP contribution in [0.3, 0.4) is 0 Å². The SMILES string of the molecule is CC1(C)c2ccccc2-c2ccc(-c3ccc(N(c4ccccc4)c4ccc(-c5ccc6c(c5)C(C)(C)c5ccccc5-6)c(-c5ccccc5)c4)cc3-c3ccccc3)cc21. The molecular formula is C60H47N. The molecule has 61 heavy (non-hydrogen) atoms. The van der Waals surface area contributed by atoms with E-state index in [0.29, 0.717) is 0 Å². The molecule has 0 unspecified atom stereocenters. The summed E-state index contributed by atoms with van der Waals surface area (Å²) in [7, 11) is 0. The molecule has 1 nitrogen and oxygen atoms in total.